The molecule has 0 saturated carbocycles. The zero-order valence-corrected chi connectivity index (χ0v) is 9.25. The second kappa shape index (κ2) is 6.53. The van der Waals surface area contributed by atoms with Gasteiger partial charge in [0.2, 0.25) is 0 Å². The van der Waals surface area contributed by atoms with Crippen molar-refractivity contribution in [1.29, 1.82) is 0 Å². The molecule has 0 spiro atoms. The SMILES string of the molecule is CCN(CCF)Cc1ccccc1CN. The Morgan fingerprint density at radius 2 is 1.93 bits per heavy atom. The zero-order valence-electron chi connectivity index (χ0n) is 9.25. The highest BCUT2D eigenvalue weighted by Crippen LogP contribution is 2.10. The first-order valence-corrected chi connectivity index (χ1v) is 5.37. The molecule has 0 aliphatic rings. The van der Waals surface area contributed by atoms with Crippen LogP contribution >= 0.6 is 0 Å². The summed E-state index contributed by atoms with van der Waals surface area (Å²) in [7, 11) is 0. The Morgan fingerprint density at radius 1 is 1.27 bits per heavy atom. The average molecular weight is 210 g/mol. The molecule has 0 bridgehead atoms. The summed E-state index contributed by atoms with van der Waals surface area (Å²) in [6.45, 7) is 4.44. The summed E-state index contributed by atoms with van der Waals surface area (Å²) in [4.78, 5) is 2.08. The van der Waals surface area contributed by atoms with Crippen LogP contribution in [0.1, 0.15) is 18.1 Å². The van der Waals surface area contributed by atoms with Crippen LogP contribution in [0.2, 0.25) is 0 Å². The fourth-order valence-corrected chi connectivity index (χ4v) is 1.62. The molecular formula is C12H19FN2. The quantitative estimate of drug-likeness (QED) is 0.777. The minimum atomic E-state index is -0.293. The number of hydrogen-bond donors (Lipinski definition) is 1. The van der Waals surface area contributed by atoms with E-state index >= 15 is 0 Å². The van der Waals surface area contributed by atoms with Crippen molar-refractivity contribution < 1.29 is 4.39 Å². The highest BCUT2D eigenvalue weighted by Gasteiger charge is 2.05. The fraction of sp³-hybridized carbons (Fsp3) is 0.500. The molecule has 0 amide bonds. The van der Waals surface area contributed by atoms with E-state index in [0.717, 1.165) is 18.7 Å². The van der Waals surface area contributed by atoms with Gasteiger partial charge in [-0.25, -0.2) is 4.39 Å². The van der Waals surface area contributed by atoms with Crippen LogP contribution in [0.4, 0.5) is 4.39 Å². The van der Waals surface area contributed by atoms with Gasteiger partial charge in [-0.2, -0.15) is 0 Å². The Morgan fingerprint density at radius 3 is 2.47 bits per heavy atom. The van der Waals surface area contributed by atoms with Gasteiger partial charge in [0, 0.05) is 19.6 Å². The van der Waals surface area contributed by atoms with Crippen LogP contribution < -0.4 is 5.73 Å². The van der Waals surface area contributed by atoms with Crippen LogP contribution in [0.5, 0.6) is 0 Å². The molecular weight excluding hydrogens is 191 g/mol. The zero-order chi connectivity index (χ0) is 11.1. The second-order valence-corrected chi connectivity index (χ2v) is 3.53. The molecule has 1 aromatic carbocycles. The van der Waals surface area contributed by atoms with E-state index in [1.165, 1.54) is 5.56 Å². The molecule has 84 valence electrons. The maximum atomic E-state index is 12.2. The smallest absolute Gasteiger partial charge is 0.102 e. The van der Waals surface area contributed by atoms with E-state index in [2.05, 4.69) is 11.0 Å². The molecule has 1 aromatic rings. The van der Waals surface area contributed by atoms with E-state index in [0.29, 0.717) is 13.1 Å². The van der Waals surface area contributed by atoms with Crippen molar-refractivity contribution in [3.05, 3.63) is 35.4 Å². The van der Waals surface area contributed by atoms with Gasteiger partial charge in [-0.3, -0.25) is 4.90 Å². The van der Waals surface area contributed by atoms with Gasteiger partial charge in [-0.1, -0.05) is 31.2 Å². The monoisotopic (exact) mass is 210 g/mol. The van der Waals surface area contributed by atoms with Crippen molar-refractivity contribution in [3.8, 4) is 0 Å². The van der Waals surface area contributed by atoms with Crippen LogP contribution in [0.15, 0.2) is 24.3 Å². The van der Waals surface area contributed by atoms with Gasteiger partial charge < -0.3 is 5.73 Å². The Kier molecular flexibility index (Phi) is 5.29. The minimum absolute atomic E-state index is 0.293. The molecule has 0 unspecified atom stereocenters. The van der Waals surface area contributed by atoms with Gasteiger partial charge in [0.15, 0.2) is 0 Å². The molecule has 0 fully saturated rings. The van der Waals surface area contributed by atoms with E-state index in [4.69, 9.17) is 5.73 Å². The molecule has 0 aliphatic heterocycles. The summed E-state index contributed by atoms with van der Waals surface area (Å²) in [5, 5.41) is 0. The summed E-state index contributed by atoms with van der Waals surface area (Å²) in [5.41, 5.74) is 8.00. The molecule has 2 N–H and O–H groups in total. The van der Waals surface area contributed by atoms with Crippen molar-refractivity contribution in [2.45, 2.75) is 20.0 Å². The summed E-state index contributed by atoms with van der Waals surface area (Å²) in [6, 6.07) is 8.07. The van der Waals surface area contributed by atoms with E-state index in [1.54, 1.807) is 0 Å². The number of alkyl halides is 1. The van der Waals surface area contributed by atoms with Crippen LogP contribution in [0.3, 0.4) is 0 Å². The normalized spacial score (nSPS) is 10.9. The van der Waals surface area contributed by atoms with Crippen molar-refractivity contribution in [2.24, 2.45) is 5.73 Å². The standard InChI is InChI=1S/C12H19FN2/c1-2-15(8-7-13)10-12-6-4-3-5-11(12)9-14/h3-6H,2,7-10,14H2,1H3. The number of halogens is 1. The Balaban J connectivity index is 2.69. The molecule has 2 nitrogen and oxygen atoms in total. The Labute approximate surface area is 90.9 Å². The maximum Gasteiger partial charge on any atom is 0.102 e. The van der Waals surface area contributed by atoms with Crippen molar-refractivity contribution in [2.75, 3.05) is 19.8 Å². The van der Waals surface area contributed by atoms with Crippen molar-refractivity contribution in [3.63, 3.8) is 0 Å². The molecule has 0 atom stereocenters. The summed E-state index contributed by atoms with van der Waals surface area (Å²) < 4.78 is 12.2. The van der Waals surface area contributed by atoms with E-state index in [-0.39, 0.29) is 6.67 Å². The predicted molar refractivity (Wildman–Crippen MR) is 61.3 cm³/mol. The molecule has 0 saturated heterocycles. The van der Waals surface area contributed by atoms with Gasteiger partial charge in [-0.05, 0) is 17.7 Å². The fourth-order valence-electron chi connectivity index (χ4n) is 1.62. The van der Waals surface area contributed by atoms with Gasteiger partial charge in [0.1, 0.15) is 6.67 Å². The first-order chi connectivity index (χ1) is 7.31. The lowest BCUT2D eigenvalue weighted by Gasteiger charge is -2.20. The van der Waals surface area contributed by atoms with Crippen LogP contribution in [-0.4, -0.2) is 24.7 Å². The lowest BCUT2D eigenvalue weighted by molar-refractivity contribution is 0.251. The number of nitrogens with two attached hydrogens (primary N) is 1. The molecule has 0 radical (unpaired) electrons. The first kappa shape index (κ1) is 12.1. The van der Waals surface area contributed by atoms with Gasteiger partial charge in [0.05, 0.1) is 0 Å². The number of nitrogens with zero attached hydrogens (tertiary/aromatic N) is 1. The van der Waals surface area contributed by atoms with Crippen molar-refractivity contribution in [1.82, 2.24) is 4.90 Å². The van der Waals surface area contributed by atoms with E-state index in [9.17, 15) is 4.39 Å². The lowest BCUT2D eigenvalue weighted by Crippen LogP contribution is -2.25. The number of benzene rings is 1. The highest BCUT2D eigenvalue weighted by molar-refractivity contribution is 5.26. The number of hydrogen-bond acceptors (Lipinski definition) is 2. The third kappa shape index (κ3) is 3.61. The largest absolute Gasteiger partial charge is 0.326 e. The molecule has 0 heterocycles. The molecule has 1 rings (SSSR count). The predicted octanol–water partition coefficient (Wildman–Crippen LogP) is 1.94. The van der Waals surface area contributed by atoms with Crippen molar-refractivity contribution >= 4 is 0 Å². The van der Waals surface area contributed by atoms with Crippen LogP contribution in [-0.2, 0) is 13.1 Å². The van der Waals surface area contributed by atoms with Crippen LogP contribution in [0, 0.1) is 0 Å². The molecule has 0 aliphatic carbocycles. The Bertz CT molecular complexity index is 289. The lowest BCUT2D eigenvalue weighted by atomic mass is 10.1. The Hall–Kier alpha value is -0.930. The van der Waals surface area contributed by atoms with Gasteiger partial charge in [-0.15, -0.1) is 0 Å². The first-order valence-electron chi connectivity index (χ1n) is 5.37. The topological polar surface area (TPSA) is 29.3 Å². The molecule has 3 heteroatoms. The third-order valence-corrected chi connectivity index (χ3v) is 2.58. The third-order valence-electron chi connectivity index (χ3n) is 2.58. The van der Waals surface area contributed by atoms with Gasteiger partial charge in [0.25, 0.3) is 0 Å². The number of rotatable bonds is 6. The second-order valence-electron chi connectivity index (χ2n) is 3.53. The summed E-state index contributed by atoms with van der Waals surface area (Å²) in [6.07, 6.45) is 0. The van der Waals surface area contributed by atoms with Crippen LogP contribution in [0.25, 0.3) is 0 Å². The van der Waals surface area contributed by atoms with Gasteiger partial charge >= 0.3 is 0 Å². The van der Waals surface area contributed by atoms with E-state index in [1.807, 2.05) is 25.1 Å². The molecule has 0 aromatic heterocycles. The maximum absolute atomic E-state index is 12.2. The van der Waals surface area contributed by atoms with E-state index < -0.39 is 0 Å². The minimum Gasteiger partial charge on any atom is -0.326 e. The highest BCUT2D eigenvalue weighted by atomic mass is 19.1. The summed E-state index contributed by atoms with van der Waals surface area (Å²) in [5.74, 6) is 0. The average Bonchev–Trinajstić information content (AvgIpc) is 2.29. The summed E-state index contributed by atoms with van der Waals surface area (Å²) >= 11 is 0. The molecule has 15 heavy (non-hydrogen) atoms.